The van der Waals surface area contributed by atoms with Crippen LogP contribution in [-0.4, -0.2) is 12.2 Å². The van der Waals surface area contributed by atoms with Gasteiger partial charge in [0.15, 0.2) is 0 Å². The van der Waals surface area contributed by atoms with Crippen molar-refractivity contribution in [1.29, 1.82) is 0 Å². The van der Waals surface area contributed by atoms with Crippen molar-refractivity contribution in [1.82, 2.24) is 0 Å². The van der Waals surface area contributed by atoms with Crippen molar-refractivity contribution in [3.8, 4) is 5.75 Å². The lowest BCUT2D eigenvalue weighted by atomic mass is 9.83. The van der Waals surface area contributed by atoms with E-state index < -0.39 is 0 Å². The summed E-state index contributed by atoms with van der Waals surface area (Å²) in [5.74, 6) is 1.53. The highest BCUT2D eigenvalue weighted by molar-refractivity contribution is 5.36. The number of ether oxygens (including phenoxy) is 1. The third-order valence-corrected chi connectivity index (χ3v) is 3.48. The number of methoxy groups -OCH3 is 1. The molecule has 1 aliphatic carbocycles. The molecule has 0 bridgehead atoms. The maximum Gasteiger partial charge on any atom is 0.119 e. The second kappa shape index (κ2) is 5.35. The van der Waals surface area contributed by atoms with E-state index in [-0.39, 0.29) is 6.61 Å². The van der Waals surface area contributed by atoms with Gasteiger partial charge in [0.1, 0.15) is 5.75 Å². The van der Waals surface area contributed by atoms with Gasteiger partial charge in [-0.15, -0.1) is 0 Å². The zero-order chi connectivity index (χ0) is 11.4. The topological polar surface area (TPSA) is 29.5 Å². The number of rotatable bonds is 3. The highest BCUT2D eigenvalue weighted by atomic mass is 16.5. The summed E-state index contributed by atoms with van der Waals surface area (Å²) in [5.41, 5.74) is 2.29. The molecule has 16 heavy (non-hydrogen) atoms. The fraction of sp³-hybridized carbons (Fsp3) is 0.571. The van der Waals surface area contributed by atoms with Gasteiger partial charge in [0.25, 0.3) is 0 Å². The molecule has 1 fully saturated rings. The average Bonchev–Trinajstić information content (AvgIpc) is 2.39. The molecule has 1 saturated carbocycles. The minimum atomic E-state index is 0.0942. The number of hydrogen-bond donors (Lipinski definition) is 1. The largest absolute Gasteiger partial charge is 0.497 e. The van der Waals surface area contributed by atoms with Crippen LogP contribution in [0, 0.1) is 0 Å². The molecule has 2 rings (SSSR count). The molecule has 0 aliphatic heterocycles. The summed E-state index contributed by atoms with van der Waals surface area (Å²) in [4.78, 5) is 0. The molecule has 0 unspecified atom stereocenters. The van der Waals surface area contributed by atoms with E-state index in [2.05, 4.69) is 12.1 Å². The van der Waals surface area contributed by atoms with Gasteiger partial charge in [-0.2, -0.15) is 0 Å². The molecule has 0 radical (unpaired) electrons. The van der Waals surface area contributed by atoms with Gasteiger partial charge in [0.05, 0.1) is 13.7 Å². The summed E-state index contributed by atoms with van der Waals surface area (Å²) < 4.78 is 5.28. The molecule has 1 aromatic rings. The average molecular weight is 220 g/mol. The van der Waals surface area contributed by atoms with Crippen LogP contribution in [0.3, 0.4) is 0 Å². The fourth-order valence-corrected chi connectivity index (χ4v) is 2.57. The second-order valence-electron chi connectivity index (χ2n) is 4.61. The van der Waals surface area contributed by atoms with Crippen LogP contribution in [0.25, 0.3) is 0 Å². The van der Waals surface area contributed by atoms with Gasteiger partial charge in [-0.25, -0.2) is 0 Å². The molecule has 0 heterocycles. The number of aliphatic hydroxyl groups excluding tert-OH is 1. The Bertz CT molecular complexity index is 318. The van der Waals surface area contributed by atoms with Crippen molar-refractivity contribution in [2.75, 3.05) is 7.11 Å². The van der Waals surface area contributed by atoms with Crippen LogP contribution in [0.4, 0.5) is 0 Å². The first-order valence-corrected chi connectivity index (χ1v) is 6.12. The van der Waals surface area contributed by atoms with Crippen LogP contribution in [0.5, 0.6) is 5.75 Å². The monoisotopic (exact) mass is 220 g/mol. The SMILES string of the molecule is COc1cc(CO)cc(C2CCCCC2)c1. The van der Waals surface area contributed by atoms with Crippen LogP contribution in [0.1, 0.15) is 49.1 Å². The molecule has 2 nitrogen and oxygen atoms in total. The van der Waals surface area contributed by atoms with Crippen LogP contribution in [-0.2, 0) is 6.61 Å². The lowest BCUT2D eigenvalue weighted by Gasteiger charge is -2.22. The molecule has 1 aromatic carbocycles. The highest BCUT2D eigenvalue weighted by Gasteiger charge is 2.16. The van der Waals surface area contributed by atoms with E-state index in [1.54, 1.807) is 7.11 Å². The zero-order valence-electron chi connectivity index (χ0n) is 9.91. The first kappa shape index (κ1) is 11.5. The molecule has 88 valence electrons. The molecular weight excluding hydrogens is 200 g/mol. The van der Waals surface area contributed by atoms with Crippen molar-refractivity contribution in [2.24, 2.45) is 0 Å². The van der Waals surface area contributed by atoms with Gasteiger partial charge in [-0.1, -0.05) is 25.3 Å². The summed E-state index contributed by atoms with van der Waals surface area (Å²) in [7, 11) is 1.68. The summed E-state index contributed by atoms with van der Waals surface area (Å²) >= 11 is 0. The summed E-state index contributed by atoms with van der Waals surface area (Å²) in [6.07, 6.45) is 6.58. The van der Waals surface area contributed by atoms with Crippen molar-refractivity contribution < 1.29 is 9.84 Å². The predicted molar refractivity (Wildman–Crippen MR) is 64.7 cm³/mol. The molecule has 0 amide bonds. The Hall–Kier alpha value is -1.02. The Morgan fingerprint density at radius 1 is 1.19 bits per heavy atom. The maximum absolute atomic E-state index is 9.22. The number of benzene rings is 1. The third kappa shape index (κ3) is 2.56. The van der Waals surface area contributed by atoms with Gasteiger partial charge in [0.2, 0.25) is 0 Å². The molecule has 0 atom stereocenters. The van der Waals surface area contributed by atoms with E-state index in [1.807, 2.05) is 6.07 Å². The Balaban J connectivity index is 2.24. The lowest BCUT2D eigenvalue weighted by molar-refractivity contribution is 0.280. The first-order chi connectivity index (χ1) is 7.83. The number of aliphatic hydroxyl groups is 1. The minimum absolute atomic E-state index is 0.0942. The first-order valence-electron chi connectivity index (χ1n) is 6.12. The minimum Gasteiger partial charge on any atom is -0.497 e. The van der Waals surface area contributed by atoms with Crippen molar-refractivity contribution >= 4 is 0 Å². The van der Waals surface area contributed by atoms with Gasteiger partial charge >= 0.3 is 0 Å². The molecule has 0 saturated heterocycles. The predicted octanol–water partition coefficient (Wildman–Crippen LogP) is 3.24. The van der Waals surface area contributed by atoms with Crippen molar-refractivity contribution in [3.05, 3.63) is 29.3 Å². The zero-order valence-corrected chi connectivity index (χ0v) is 9.91. The fourth-order valence-electron chi connectivity index (χ4n) is 2.57. The molecule has 0 spiro atoms. The van der Waals surface area contributed by atoms with E-state index in [9.17, 15) is 5.11 Å². The Morgan fingerprint density at radius 3 is 2.56 bits per heavy atom. The van der Waals surface area contributed by atoms with Crippen LogP contribution >= 0.6 is 0 Å². The van der Waals surface area contributed by atoms with Crippen molar-refractivity contribution in [2.45, 2.75) is 44.6 Å². The smallest absolute Gasteiger partial charge is 0.119 e. The molecular formula is C14H20O2. The highest BCUT2D eigenvalue weighted by Crippen LogP contribution is 2.34. The van der Waals surface area contributed by atoms with E-state index in [0.29, 0.717) is 5.92 Å². The van der Waals surface area contributed by atoms with Gasteiger partial charge in [-0.05, 0) is 42.0 Å². The van der Waals surface area contributed by atoms with E-state index in [4.69, 9.17) is 4.74 Å². The standard InChI is InChI=1S/C14H20O2/c1-16-14-8-11(10-15)7-13(9-14)12-5-3-2-4-6-12/h7-9,12,15H,2-6,10H2,1H3. The normalized spacial score (nSPS) is 17.4. The van der Waals surface area contributed by atoms with Crippen LogP contribution in [0.15, 0.2) is 18.2 Å². The Morgan fingerprint density at radius 2 is 1.94 bits per heavy atom. The summed E-state index contributed by atoms with van der Waals surface area (Å²) in [6.45, 7) is 0.0942. The van der Waals surface area contributed by atoms with Gasteiger partial charge < -0.3 is 9.84 Å². The Kier molecular flexibility index (Phi) is 3.83. The van der Waals surface area contributed by atoms with E-state index in [0.717, 1.165) is 11.3 Å². The van der Waals surface area contributed by atoms with E-state index in [1.165, 1.54) is 37.7 Å². The molecule has 1 aliphatic rings. The quantitative estimate of drug-likeness (QED) is 0.847. The number of hydrogen-bond acceptors (Lipinski definition) is 2. The molecule has 1 N–H and O–H groups in total. The lowest BCUT2D eigenvalue weighted by Crippen LogP contribution is -2.05. The van der Waals surface area contributed by atoms with Gasteiger partial charge in [0, 0.05) is 0 Å². The second-order valence-corrected chi connectivity index (χ2v) is 4.61. The maximum atomic E-state index is 9.22. The molecule has 0 aromatic heterocycles. The van der Waals surface area contributed by atoms with Crippen LogP contribution in [0.2, 0.25) is 0 Å². The Labute approximate surface area is 97.3 Å². The van der Waals surface area contributed by atoms with Crippen LogP contribution < -0.4 is 4.74 Å². The van der Waals surface area contributed by atoms with Crippen molar-refractivity contribution in [3.63, 3.8) is 0 Å². The molecule has 2 heteroatoms. The van der Waals surface area contributed by atoms with E-state index >= 15 is 0 Å². The summed E-state index contributed by atoms with van der Waals surface area (Å²) in [6, 6.07) is 6.15. The third-order valence-electron chi connectivity index (χ3n) is 3.48. The van der Waals surface area contributed by atoms with Gasteiger partial charge in [-0.3, -0.25) is 0 Å². The summed E-state index contributed by atoms with van der Waals surface area (Å²) in [5, 5.41) is 9.22.